The van der Waals surface area contributed by atoms with Gasteiger partial charge < -0.3 is 10.0 Å². The van der Waals surface area contributed by atoms with E-state index in [9.17, 15) is 4.79 Å². The highest BCUT2D eigenvalue weighted by Gasteiger charge is 2.20. The zero-order valence-corrected chi connectivity index (χ0v) is 9.52. The van der Waals surface area contributed by atoms with Gasteiger partial charge in [0.1, 0.15) is 0 Å². The Morgan fingerprint density at radius 3 is 2.62 bits per heavy atom. The fourth-order valence-electron chi connectivity index (χ4n) is 2.30. The SMILES string of the molecule is CC1CCCN1c1ccc(CC(=O)O)cc1. The molecule has 1 aromatic carbocycles. The Morgan fingerprint density at radius 2 is 2.12 bits per heavy atom. The first kappa shape index (κ1) is 11.0. The monoisotopic (exact) mass is 219 g/mol. The van der Waals surface area contributed by atoms with Crippen molar-refractivity contribution in [1.82, 2.24) is 0 Å². The molecule has 1 aromatic rings. The highest BCUT2D eigenvalue weighted by Crippen LogP contribution is 2.25. The molecule has 0 radical (unpaired) electrons. The third-order valence-electron chi connectivity index (χ3n) is 3.18. The second-order valence-electron chi connectivity index (χ2n) is 4.42. The van der Waals surface area contributed by atoms with Gasteiger partial charge in [0.05, 0.1) is 6.42 Å². The predicted octanol–water partition coefficient (Wildman–Crippen LogP) is 2.30. The Morgan fingerprint density at radius 1 is 1.44 bits per heavy atom. The van der Waals surface area contributed by atoms with Gasteiger partial charge in [0.2, 0.25) is 0 Å². The number of anilines is 1. The lowest BCUT2D eigenvalue weighted by molar-refractivity contribution is -0.136. The van der Waals surface area contributed by atoms with Crippen LogP contribution in [0.1, 0.15) is 25.3 Å². The number of nitrogens with zero attached hydrogens (tertiary/aromatic N) is 1. The van der Waals surface area contributed by atoms with Crippen molar-refractivity contribution in [2.45, 2.75) is 32.2 Å². The smallest absolute Gasteiger partial charge is 0.307 e. The maximum absolute atomic E-state index is 10.6. The summed E-state index contributed by atoms with van der Waals surface area (Å²) in [6.45, 7) is 3.34. The highest BCUT2D eigenvalue weighted by atomic mass is 16.4. The number of hydrogen-bond donors (Lipinski definition) is 1. The van der Waals surface area contributed by atoms with Gasteiger partial charge in [0.15, 0.2) is 0 Å². The quantitative estimate of drug-likeness (QED) is 0.848. The van der Waals surface area contributed by atoms with Crippen LogP contribution in [0, 0.1) is 0 Å². The molecule has 1 fully saturated rings. The van der Waals surface area contributed by atoms with Gasteiger partial charge in [-0.3, -0.25) is 4.79 Å². The van der Waals surface area contributed by atoms with Crippen LogP contribution in [0.5, 0.6) is 0 Å². The molecule has 16 heavy (non-hydrogen) atoms. The van der Waals surface area contributed by atoms with Crippen LogP contribution in [0.4, 0.5) is 5.69 Å². The molecule has 1 unspecified atom stereocenters. The number of carbonyl (C=O) groups is 1. The third-order valence-corrected chi connectivity index (χ3v) is 3.18. The first-order valence-corrected chi connectivity index (χ1v) is 5.74. The van der Waals surface area contributed by atoms with Crippen molar-refractivity contribution in [3.8, 4) is 0 Å². The summed E-state index contributed by atoms with van der Waals surface area (Å²) in [6.07, 6.45) is 2.60. The van der Waals surface area contributed by atoms with E-state index in [1.165, 1.54) is 18.5 Å². The van der Waals surface area contributed by atoms with Crippen LogP contribution in [0.3, 0.4) is 0 Å². The minimum atomic E-state index is -0.776. The lowest BCUT2D eigenvalue weighted by Gasteiger charge is -2.23. The van der Waals surface area contributed by atoms with Crippen LogP contribution < -0.4 is 4.90 Å². The molecule has 0 aromatic heterocycles. The summed E-state index contributed by atoms with van der Waals surface area (Å²) in [6, 6.07) is 8.48. The summed E-state index contributed by atoms with van der Waals surface area (Å²) in [7, 11) is 0. The average Bonchev–Trinajstić information content (AvgIpc) is 2.65. The fraction of sp³-hybridized carbons (Fsp3) is 0.462. The molecule has 1 aliphatic heterocycles. The molecule has 1 atom stereocenters. The molecule has 0 amide bonds. The Hall–Kier alpha value is -1.51. The second kappa shape index (κ2) is 4.56. The Kier molecular flexibility index (Phi) is 3.13. The van der Waals surface area contributed by atoms with E-state index in [0.717, 1.165) is 12.1 Å². The van der Waals surface area contributed by atoms with Crippen LogP contribution in [-0.2, 0) is 11.2 Å². The van der Waals surface area contributed by atoms with E-state index in [1.807, 2.05) is 24.3 Å². The topological polar surface area (TPSA) is 40.5 Å². The summed E-state index contributed by atoms with van der Waals surface area (Å²) in [5.41, 5.74) is 2.07. The van der Waals surface area contributed by atoms with Crippen molar-refractivity contribution in [1.29, 1.82) is 0 Å². The minimum Gasteiger partial charge on any atom is -0.481 e. The van der Waals surface area contributed by atoms with Gasteiger partial charge in [-0.25, -0.2) is 0 Å². The lowest BCUT2D eigenvalue weighted by atomic mass is 10.1. The molecular weight excluding hydrogens is 202 g/mol. The van der Waals surface area contributed by atoms with Crippen molar-refractivity contribution in [3.63, 3.8) is 0 Å². The van der Waals surface area contributed by atoms with Crippen LogP contribution in [0.25, 0.3) is 0 Å². The zero-order valence-electron chi connectivity index (χ0n) is 9.52. The van der Waals surface area contributed by atoms with Crippen molar-refractivity contribution >= 4 is 11.7 Å². The van der Waals surface area contributed by atoms with Gasteiger partial charge >= 0.3 is 5.97 Å². The molecule has 0 saturated carbocycles. The van der Waals surface area contributed by atoms with Gasteiger partial charge in [-0.2, -0.15) is 0 Å². The molecule has 1 heterocycles. The Bertz CT molecular complexity index is 372. The maximum atomic E-state index is 10.6. The Balaban J connectivity index is 2.09. The lowest BCUT2D eigenvalue weighted by Crippen LogP contribution is -2.26. The average molecular weight is 219 g/mol. The van der Waals surface area contributed by atoms with Gasteiger partial charge in [0.25, 0.3) is 0 Å². The van der Waals surface area contributed by atoms with Gasteiger partial charge in [0, 0.05) is 18.3 Å². The molecule has 2 rings (SSSR count). The van der Waals surface area contributed by atoms with Crippen molar-refractivity contribution in [2.24, 2.45) is 0 Å². The summed E-state index contributed by atoms with van der Waals surface area (Å²) in [5, 5.41) is 8.68. The second-order valence-corrected chi connectivity index (χ2v) is 4.42. The molecule has 3 nitrogen and oxygen atoms in total. The van der Waals surface area contributed by atoms with E-state index in [1.54, 1.807) is 0 Å². The first-order valence-electron chi connectivity index (χ1n) is 5.74. The highest BCUT2D eigenvalue weighted by molar-refractivity contribution is 5.70. The van der Waals surface area contributed by atoms with E-state index >= 15 is 0 Å². The largest absolute Gasteiger partial charge is 0.481 e. The summed E-state index contributed by atoms with van der Waals surface area (Å²) >= 11 is 0. The molecular formula is C13H17NO2. The minimum absolute atomic E-state index is 0.107. The van der Waals surface area contributed by atoms with Crippen LogP contribution in [0.2, 0.25) is 0 Å². The molecule has 3 heteroatoms. The molecule has 0 aliphatic carbocycles. The van der Waals surface area contributed by atoms with Crippen molar-refractivity contribution in [3.05, 3.63) is 29.8 Å². The first-order chi connectivity index (χ1) is 7.66. The third kappa shape index (κ3) is 2.35. The standard InChI is InChI=1S/C13H17NO2/c1-10-3-2-8-14(10)12-6-4-11(5-7-12)9-13(15)16/h4-7,10H,2-3,8-9H2,1H3,(H,15,16). The molecule has 1 saturated heterocycles. The van der Waals surface area contributed by atoms with E-state index in [-0.39, 0.29) is 6.42 Å². The number of carboxylic acids is 1. The van der Waals surface area contributed by atoms with Gasteiger partial charge in [-0.05, 0) is 37.5 Å². The zero-order chi connectivity index (χ0) is 11.5. The van der Waals surface area contributed by atoms with Crippen LogP contribution in [0.15, 0.2) is 24.3 Å². The van der Waals surface area contributed by atoms with E-state index in [4.69, 9.17) is 5.11 Å². The number of hydrogen-bond acceptors (Lipinski definition) is 2. The fourth-order valence-corrected chi connectivity index (χ4v) is 2.30. The van der Waals surface area contributed by atoms with Gasteiger partial charge in [-0.1, -0.05) is 12.1 Å². The summed E-state index contributed by atoms with van der Waals surface area (Å²) in [4.78, 5) is 12.9. The molecule has 86 valence electrons. The maximum Gasteiger partial charge on any atom is 0.307 e. The van der Waals surface area contributed by atoms with Crippen molar-refractivity contribution < 1.29 is 9.90 Å². The van der Waals surface area contributed by atoms with Gasteiger partial charge in [-0.15, -0.1) is 0 Å². The number of carboxylic acid groups (broad SMARTS) is 1. The Labute approximate surface area is 95.7 Å². The van der Waals surface area contributed by atoms with Crippen LogP contribution in [-0.4, -0.2) is 23.7 Å². The molecule has 1 N–H and O–H groups in total. The molecule has 1 aliphatic rings. The van der Waals surface area contributed by atoms with E-state index < -0.39 is 5.97 Å². The number of benzene rings is 1. The normalized spacial score (nSPS) is 20.1. The molecule has 0 spiro atoms. The van der Waals surface area contributed by atoms with E-state index in [0.29, 0.717) is 6.04 Å². The number of aliphatic carboxylic acids is 1. The summed E-state index contributed by atoms with van der Waals surface area (Å²) < 4.78 is 0. The molecule has 0 bridgehead atoms. The van der Waals surface area contributed by atoms with E-state index in [2.05, 4.69) is 11.8 Å². The summed E-state index contributed by atoms with van der Waals surface area (Å²) in [5.74, 6) is -0.776. The predicted molar refractivity (Wildman–Crippen MR) is 63.8 cm³/mol. The van der Waals surface area contributed by atoms with Crippen molar-refractivity contribution in [2.75, 3.05) is 11.4 Å². The van der Waals surface area contributed by atoms with Crippen LogP contribution >= 0.6 is 0 Å². The number of rotatable bonds is 3.